The number of thiazole rings is 1. The lowest BCUT2D eigenvalue weighted by atomic mass is 10.1. The molecule has 1 fully saturated rings. The van der Waals surface area contributed by atoms with Crippen LogP contribution in [0, 0.1) is 0 Å². The first-order chi connectivity index (χ1) is 12.2. The minimum Gasteiger partial charge on any atom is -0.450 e. The van der Waals surface area contributed by atoms with Crippen LogP contribution >= 0.6 is 35.3 Å². The Morgan fingerprint density at radius 3 is 2.73 bits per heavy atom. The van der Waals surface area contributed by atoms with Gasteiger partial charge in [0.05, 0.1) is 17.3 Å². The van der Waals surface area contributed by atoms with Crippen molar-refractivity contribution in [1.82, 2.24) is 20.5 Å². The zero-order valence-electron chi connectivity index (χ0n) is 15.8. The van der Waals surface area contributed by atoms with Gasteiger partial charge in [-0.25, -0.2) is 9.78 Å². The lowest BCUT2D eigenvalue weighted by molar-refractivity contribution is 0.0963. The quantitative estimate of drug-likeness (QED) is 0.361. The molecule has 9 heteroatoms. The Hall–Kier alpha value is -1.10. The first-order valence-electron chi connectivity index (χ1n) is 8.98. The van der Waals surface area contributed by atoms with E-state index in [-0.39, 0.29) is 30.1 Å². The highest BCUT2D eigenvalue weighted by Gasteiger charge is 2.23. The van der Waals surface area contributed by atoms with Crippen LogP contribution in [0.5, 0.6) is 0 Å². The van der Waals surface area contributed by atoms with E-state index in [0.29, 0.717) is 25.7 Å². The number of carbonyl (C=O) groups is 1. The summed E-state index contributed by atoms with van der Waals surface area (Å²) >= 11 is 1.72. The summed E-state index contributed by atoms with van der Waals surface area (Å²) in [7, 11) is 1.78. The summed E-state index contributed by atoms with van der Waals surface area (Å²) in [5.41, 5.74) is 1.13. The van der Waals surface area contributed by atoms with E-state index >= 15 is 0 Å². The zero-order valence-corrected chi connectivity index (χ0v) is 18.9. The standard InChI is InChI=1S/C17H29N5O2S.HI/c1-4-15-20-14(12-25-15)6-9-19-16(18-3)21-13-7-10-22(11-8-13)17(23)24-5-2;/h12-13H,4-11H2,1-3H3,(H2,18,19,21);1H. The molecular formula is C17H30IN5O2S. The van der Waals surface area contributed by atoms with Crippen LogP contribution in [-0.2, 0) is 17.6 Å². The van der Waals surface area contributed by atoms with Gasteiger partial charge >= 0.3 is 6.09 Å². The van der Waals surface area contributed by atoms with Gasteiger partial charge in [0.25, 0.3) is 0 Å². The summed E-state index contributed by atoms with van der Waals surface area (Å²) in [5.74, 6) is 0.806. The number of guanidine groups is 1. The maximum atomic E-state index is 11.7. The van der Waals surface area contributed by atoms with E-state index in [1.165, 1.54) is 5.01 Å². The lowest BCUT2D eigenvalue weighted by Crippen LogP contribution is -2.50. The topological polar surface area (TPSA) is 78.8 Å². The van der Waals surface area contributed by atoms with Crippen molar-refractivity contribution in [2.45, 2.75) is 45.6 Å². The van der Waals surface area contributed by atoms with E-state index in [2.05, 4.69) is 32.9 Å². The normalized spacial score (nSPS) is 15.3. The molecule has 0 atom stereocenters. The fourth-order valence-electron chi connectivity index (χ4n) is 2.74. The largest absolute Gasteiger partial charge is 0.450 e. The molecule has 0 radical (unpaired) electrons. The Labute approximate surface area is 177 Å². The first-order valence-corrected chi connectivity index (χ1v) is 9.86. The molecule has 1 aromatic heterocycles. The third-order valence-electron chi connectivity index (χ3n) is 4.16. The van der Waals surface area contributed by atoms with Crippen molar-refractivity contribution in [1.29, 1.82) is 0 Å². The van der Waals surface area contributed by atoms with E-state index in [4.69, 9.17) is 4.74 Å². The van der Waals surface area contributed by atoms with Crippen LogP contribution in [0.1, 0.15) is 37.4 Å². The molecule has 1 amide bonds. The number of rotatable bonds is 6. The molecular weight excluding hydrogens is 465 g/mol. The molecule has 0 bridgehead atoms. The van der Waals surface area contributed by atoms with Crippen molar-refractivity contribution in [3.05, 3.63) is 16.1 Å². The van der Waals surface area contributed by atoms with Crippen LogP contribution in [0.15, 0.2) is 10.4 Å². The van der Waals surface area contributed by atoms with E-state index in [1.54, 1.807) is 23.3 Å². The van der Waals surface area contributed by atoms with Crippen molar-refractivity contribution in [2.75, 3.05) is 33.3 Å². The Bertz CT molecular complexity index is 573. The molecule has 7 nitrogen and oxygen atoms in total. The number of hydrogen-bond donors (Lipinski definition) is 2. The predicted molar refractivity (Wildman–Crippen MR) is 117 cm³/mol. The number of piperidine rings is 1. The molecule has 0 spiro atoms. The van der Waals surface area contributed by atoms with Crippen LogP contribution in [0.4, 0.5) is 4.79 Å². The molecule has 1 aliphatic heterocycles. The summed E-state index contributed by atoms with van der Waals surface area (Å²) < 4.78 is 5.05. The third kappa shape index (κ3) is 7.26. The number of aliphatic imine (C=N–C) groups is 1. The van der Waals surface area contributed by atoms with E-state index in [9.17, 15) is 4.79 Å². The van der Waals surface area contributed by atoms with Crippen molar-refractivity contribution < 1.29 is 9.53 Å². The highest BCUT2D eigenvalue weighted by Crippen LogP contribution is 2.12. The minimum absolute atomic E-state index is 0. The summed E-state index contributed by atoms with van der Waals surface area (Å²) in [4.78, 5) is 22.4. The molecule has 0 aromatic carbocycles. The van der Waals surface area contributed by atoms with E-state index in [0.717, 1.165) is 43.9 Å². The number of nitrogens with one attached hydrogen (secondary N) is 2. The van der Waals surface area contributed by atoms with Crippen LogP contribution in [0.2, 0.25) is 0 Å². The van der Waals surface area contributed by atoms with E-state index in [1.807, 2.05) is 6.92 Å². The molecule has 1 saturated heterocycles. The number of ether oxygens (including phenoxy) is 1. The maximum Gasteiger partial charge on any atom is 0.409 e. The Morgan fingerprint density at radius 2 is 2.15 bits per heavy atom. The summed E-state index contributed by atoms with van der Waals surface area (Å²) in [5, 5.41) is 10.1. The molecule has 1 aliphatic rings. The number of likely N-dealkylation sites (tertiary alicyclic amines) is 1. The van der Waals surface area contributed by atoms with Gasteiger partial charge in [-0.05, 0) is 26.2 Å². The van der Waals surface area contributed by atoms with Gasteiger partial charge in [-0.1, -0.05) is 6.92 Å². The zero-order chi connectivity index (χ0) is 18.1. The van der Waals surface area contributed by atoms with Gasteiger partial charge < -0.3 is 20.3 Å². The highest BCUT2D eigenvalue weighted by atomic mass is 127. The van der Waals surface area contributed by atoms with Crippen molar-refractivity contribution in [3.8, 4) is 0 Å². The molecule has 148 valence electrons. The smallest absolute Gasteiger partial charge is 0.409 e. The van der Waals surface area contributed by atoms with Gasteiger partial charge in [0, 0.05) is 44.5 Å². The van der Waals surface area contributed by atoms with Crippen LogP contribution < -0.4 is 10.6 Å². The van der Waals surface area contributed by atoms with Gasteiger partial charge in [0.2, 0.25) is 0 Å². The highest BCUT2D eigenvalue weighted by molar-refractivity contribution is 14.0. The van der Waals surface area contributed by atoms with Crippen LogP contribution in [-0.4, -0.2) is 61.3 Å². The van der Waals surface area contributed by atoms with Crippen molar-refractivity contribution in [2.24, 2.45) is 4.99 Å². The summed E-state index contributed by atoms with van der Waals surface area (Å²) in [6.07, 6.45) is 3.46. The Morgan fingerprint density at radius 1 is 1.42 bits per heavy atom. The van der Waals surface area contributed by atoms with Crippen LogP contribution in [0.3, 0.4) is 0 Å². The molecule has 1 aromatic rings. The van der Waals surface area contributed by atoms with Crippen LogP contribution in [0.25, 0.3) is 0 Å². The summed E-state index contributed by atoms with van der Waals surface area (Å²) in [6, 6.07) is 0.322. The minimum atomic E-state index is -0.210. The average molecular weight is 495 g/mol. The summed E-state index contributed by atoms with van der Waals surface area (Å²) in [6.45, 7) is 6.61. The average Bonchev–Trinajstić information content (AvgIpc) is 3.09. The number of halogens is 1. The second-order valence-corrected chi connectivity index (χ2v) is 6.88. The second kappa shape index (κ2) is 12.3. The molecule has 0 aliphatic carbocycles. The lowest BCUT2D eigenvalue weighted by Gasteiger charge is -2.32. The van der Waals surface area contributed by atoms with Crippen molar-refractivity contribution >= 4 is 47.4 Å². The number of aryl methyl sites for hydroxylation is 1. The number of hydrogen-bond acceptors (Lipinski definition) is 5. The van der Waals surface area contributed by atoms with Gasteiger partial charge in [-0.3, -0.25) is 4.99 Å². The third-order valence-corrected chi connectivity index (χ3v) is 5.20. The number of aromatic nitrogens is 1. The predicted octanol–water partition coefficient (Wildman–Crippen LogP) is 2.65. The second-order valence-electron chi connectivity index (χ2n) is 5.94. The van der Waals surface area contributed by atoms with E-state index < -0.39 is 0 Å². The molecule has 2 rings (SSSR count). The Balaban J connectivity index is 0.00000338. The Kier molecular flexibility index (Phi) is 10.9. The number of carbonyl (C=O) groups excluding carboxylic acids is 1. The van der Waals surface area contributed by atoms with Gasteiger partial charge in [0.15, 0.2) is 5.96 Å². The van der Waals surface area contributed by atoms with Gasteiger partial charge in [-0.2, -0.15) is 0 Å². The van der Waals surface area contributed by atoms with Crippen molar-refractivity contribution in [3.63, 3.8) is 0 Å². The molecule has 26 heavy (non-hydrogen) atoms. The fraction of sp³-hybridized carbons (Fsp3) is 0.706. The molecule has 0 saturated carbocycles. The fourth-order valence-corrected chi connectivity index (χ4v) is 3.52. The molecule has 2 N–H and O–H groups in total. The molecule has 0 unspecified atom stereocenters. The monoisotopic (exact) mass is 495 g/mol. The number of nitrogens with zero attached hydrogens (tertiary/aromatic N) is 3. The van der Waals surface area contributed by atoms with Gasteiger partial charge in [0.1, 0.15) is 0 Å². The van der Waals surface area contributed by atoms with Gasteiger partial charge in [-0.15, -0.1) is 35.3 Å². The number of amides is 1. The maximum absolute atomic E-state index is 11.7. The molecule has 2 heterocycles. The first kappa shape index (κ1) is 22.9. The SMILES string of the molecule is CCOC(=O)N1CCC(NC(=NC)NCCc2csc(CC)n2)CC1.I.